The minimum absolute atomic E-state index is 0.0199. The van der Waals surface area contributed by atoms with E-state index in [4.69, 9.17) is 8.53 Å². The average molecular weight is 403 g/mol. The van der Waals surface area contributed by atoms with Crippen molar-refractivity contribution in [2.24, 2.45) is 7.05 Å². The third kappa shape index (κ3) is 2.57. The average Bonchev–Trinajstić information content (AvgIpc) is 3.09. The van der Waals surface area contributed by atoms with Gasteiger partial charge in [-0.2, -0.15) is 4.57 Å². The van der Waals surface area contributed by atoms with Crippen LogP contribution in [0.15, 0.2) is 41.2 Å². The molecule has 0 unspecified atom stereocenters. The van der Waals surface area contributed by atoms with Crippen LogP contribution in [-0.4, -0.2) is 4.98 Å². The largest absolute Gasteiger partial charge is 0.455 e. The van der Waals surface area contributed by atoms with Crippen molar-refractivity contribution < 1.29 is 13.1 Å². The lowest BCUT2D eigenvalue weighted by Crippen LogP contribution is -2.33. The van der Waals surface area contributed by atoms with Crippen LogP contribution in [0.2, 0.25) is 0 Å². The van der Waals surface area contributed by atoms with Gasteiger partial charge in [0, 0.05) is 14.9 Å². The van der Waals surface area contributed by atoms with E-state index >= 15 is 0 Å². The number of aromatic nitrogens is 2. The zero-order valence-corrected chi connectivity index (χ0v) is 18.7. The SMILES string of the molecule is [2H]C([2H])([2H])c1cc(C)c(-c2cncc[n+]2C)c2oc3ccc4c(c3c12)C(C)(C)CCC4(C)C. The first-order valence-electron chi connectivity index (χ1n) is 12.2. The van der Waals surface area contributed by atoms with Gasteiger partial charge in [-0.05, 0) is 65.8 Å². The maximum absolute atomic E-state index is 8.37. The molecule has 2 heterocycles. The molecule has 0 bridgehead atoms. The van der Waals surface area contributed by atoms with Crippen LogP contribution < -0.4 is 4.57 Å². The van der Waals surface area contributed by atoms with Crippen LogP contribution in [0.1, 0.15) is 66.9 Å². The lowest BCUT2D eigenvalue weighted by molar-refractivity contribution is -0.660. The van der Waals surface area contributed by atoms with Crippen molar-refractivity contribution in [1.82, 2.24) is 4.98 Å². The Hall–Kier alpha value is -2.68. The van der Waals surface area contributed by atoms with Gasteiger partial charge in [0.15, 0.2) is 6.20 Å². The van der Waals surface area contributed by atoms with Gasteiger partial charge in [-0.25, -0.2) is 0 Å². The molecule has 0 saturated heterocycles. The molecule has 0 atom stereocenters. The predicted molar refractivity (Wildman–Crippen MR) is 123 cm³/mol. The van der Waals surface area contributed by atoms with E-state index in [-0.39, 0.29) is 10.8 Å². The van der Waals surface area contributed by atoms with Crippen molar-refractivity contribution in [1.29, 1.82) is 0 Å². The van der Waals surface area contributed by atoms with Crippen molar-refractivity contribution in [3.8, 4) is 11.3 Å². The molecular weight excluding hydrogens is 368 g/mol. The summed E-state index contributed by atoms with van der Waals surface area (Å²) in [4.78, 5) is 4.33. The fourth-order valence-corrected chi connectivity index (χ4v) is 5.30. The second-order valence-electron chi connectivity index (χ2n) is 10.1. The molecule has 1 aliphatic carbocycles. The zero-order valence-electron chi connectivity index (χ0n) is 21.7. The Morgan fingerprint density at radius 1 is 1.07 bits per heavy atom. The second-order valence-corrected chi connectivity index (χ2v) is 10.1. The molecule has 5 rings (SSSR count). The highest BCUT2D eigenvalue weighted by molar-refractivity contribution is 6.13. The minimum atomic E-state index is -2.26. The number of hydrogen-bond acceptors (Lipinski definition) is 2. The number of furan rings is 1. The molecular formula is C27H31N2O+. The van der Waals surface area contributed by atoms with Crippen LogP contribution in [0.5, 0.6) is 0 Å². The Morgan fingerprint density at radius 2 is 1.83 bits per heavy atom. The quantitative estimate of drug-likeness (QED) is 0.343. The van der Waals surface area contributed by atoms with Crippen LogP contribution in [0.4, 0.5) is 0 Å². The number of benzene rings is 2. The Morgan fingerprint density at radius 3 is 2.57 bits per heavy atom. The maximum Gasteiger partial charge on any atom is 0.234 e. The van der Waals surface area contributed by atoms with E-state index in [0.717, 1.165) is 46.0 Å². The summed E-state index contributed by atoms with van der Waals surface area (Å²) in [7, 11) is 1.97. The highest BCUT2D eigenvalue weighted by Crippen LogP contribution is 2.51. The first-order chi connectivity index (χ1) is 15.3. The van der Waals surface area contributed by atoms with Crippen LogP contribution in [0.3, 0.4) is 0 Å². The molecule has 0 N–H and O–H groups in total. The summed E-state index contributed by atoms with van der Waals surface area (Å²) in [5.74, 6) is 0. The number of aryl methyl sites for hydroxylation is 3. The van der Waals surface area contributed by atoms with Crippen LogP contribution in [0.25, 0.3) is 33.2 Å². The van der Waals surface area contributed by atoms with Crippen molar-refractivity contribution in [2.45, 2.75) is 65.1 Å². The van der Waals surface area contributed by atoms with Gasteiger partial charge in [0.2, 0.25) is 5.69 Å². The molecule has 2 aromatic heterocycles. The van der Waals surface area contributed by atoms with Gasteiger partial charge >= 0.3 is 0 Å². The summed E-state index contributed by atoms with van der Waals surface area (Å²) < 4.78 is 33.7. The summed E-state index contributed by atoms with van der Waals surface area (Å²) in [6.07, 6.45) is 7.59. The number of fused-ring (bicyclic) bond motifs is 5. The van der Waals surface area contributed by atoms with Gasteiger partial charge in [0.05, 0.1) is 18.0 Å². The topological polar surface area (TPSA) is 29.9 Å². The predicted octanol–water partition coefficient (Wildman–Crippen LogP) is 6.44. The number of rotatable bonds is 1. The summed E-state index contributed by atoms with van der Waals surface area (Å²) >= 11 is 0. The van der Waals surface area contributed by atoms with E-state index in [2.05, 4.69) is 38.7 Å². The highest BCUT2D eigenvalue weighted by Gasteiger charge is 2.39. The molecule has 0 fully saturated rings. The summed E-state index contributed by atoms with van der Waals surface area (Å²) in [6.45, 7) is 8.80. The Labute approximate surface area is 183 Å². The van der Waals surface area contributed by atoms with Gasteiger partial charge in [0.1, 0.15) is 18.2 Å². The zero-order chi connectivity index (χ0) is 23.9. The molecule has 0 radical (unpaired) electrons. The fourth-order valence-electron chi connectivity index (χ4n) is 5.30. The third-order valence-corrected chi connectivity index (χ3v) is 7.10. The van der Waals surface area contributed by atoms with E-state index in [1.165, 1.54) is 11.1 Å². The smallest absolute Gasteiger partial charge is 0.234 e. The molecule has 1 aliphatic rings. The Kier molecular flexibility index (Phi) is 3.30. The number of hydrogen-bond donors (Lipinski definition) is 0. The second kappa shape index (κ2) is 6.16. The Balaban J connectivity index is 2.05. The summed E-state index contributed by atoms with van der Waals surface area (Å²) in [5, 5.41) is 1.68. The third-order valence-electron chi connectivity index (χ3n) is 7.10. The fraction of sp³-hybridized carbons (Fsp3) is 0.407. The first kappa shape index (κ1) is 16.1. The molecule has 0 amide bonds. The molecule has 2 aromatic carbocycles. The minimum Gasteiger partial charge on any atom is -0.455 e. The van der Waals surface area contributed by atoms with E-state index < -0.39 is 6.85 Å². The molecule has 0 spiro atoms. The van der Waals surface area contributed by atoms with Crippen molar-refractivity contribution in [3.05, 3.63) is 59.0 Å². The molecule has 30 heavy (non-hydrogen) atoms. The molecule has 0 saturated carbocycles. The lowest BCUT2D eigenvalue weighted by atomic mass is 9.62. The molecule has 3 nitrogen and oxygen atoms in total. The van der Waals surface area contributed by atoms with E-state index in [1.54, 1.807) is 6.20 Å². The van der Waals surface area contributed by atoms with Crippen molar-refractivity contribution in [2.75, 3.05) is 0 Å². The van der Waals surface area contributed by atoms with Gasteiger partial charge < -0.3 is 4.42 Å². The van der Waals surface area contributed by atoms with Crippen molar-refractivity contribution >= 4 is 21.9 Å². The lowest BCUT2D eigenvalue weighted by Gasteiger charge is -2.42. The van der Waals surface area contributed by atoms with E-state index in [1.807, 2.05) is 43.1 Å². The highest BCUT2D eigenvalue weighted by atomic mass is 16.3. The Bertz CT molecular complexity index is 1430. The van der Waals surface area contributed by atoms with Crippen LogP contribution in [-0.2, 0) is 17.9 Å². The first-order valence-corrected chi connectivity index (χ1v) is 10.7. The molecule has 154 valence electrons. The maximum atomic E-state index is 8.37. The summed E-state index contributed by atoms with van der Waals surface area (Å²) in [5.41, 5.74) is 6.84. The van der Waals surface area contributed by atoms with Gasteiger partial charge in [-0.3, -0.25) is 4.98 Å². The molecule has 4 aromatic rings. The van der Waals surface area contributed by atoms with Crippen LogP contribution >= 0.6 is 0 Å². The van der Waals surface area contributed by atoms with Gasteiger partial charge in [0.25, 0.3) is 0 Å². The van der Waals surface area contributed by atoms with Crippen molar-refractivity contribution in [3.63, 3.8) is 0 Å². The number of nitrogens with zero attached hydrogens (tertiary/aromatic N) is 2. The standard InChI is InChI=1S/C27H31N2O/c1-16-14-17(2)22-23-20(30-25(22)21(16)19-15-28-12-13-29(19)7)9-8-18-24(23)27(5,6)11-10-26(18,3)4/h8-9,12-15H,10-11H2,1-7H3/q+1/i2D3. The molecule has 0 aliphatic heterocycles. The normalized spacial score (nSPS) is 19.3. The van der Waals surface area contributed by atoms with E-state index in [0.29, 0.717) is 11.1 Å². The van der Waals surface area contributed by atoms with E-state index in [9.17, 15) is 0 Å². The monoisotopic (exact) mass is 402 g/mol. The van der Waals surface area contributed by atoms with Gasteiger partial charge in [-0.15, -0.1) is 0 Å². The summed E-state index contributed by atoms with van der Waals surface area (Å²) in [6, 6.07) is 6.04. The molecule has 3 heteroatoms. The van der Waals surface area contributed by atoms with Crippen LogP contribution in [0, 0.1) is 13.8 Å². The van der Waals surface area contributed by atoms with Gasteiger partial charge in [-0.1, -0.05) is 39.8 Å².